The molecule has 1 aromatic carbocycles. The maximum Gasteiger partial charge on any atom is 0.113 e. The molecule has 0 aliphatic carbocycles. The van der Waals surface area contributed by atoms with Crippen LogP contribution in [0.2, 0.25) is 0 Å². The van der Waals surface area contributed by atoms with E-state index in [0.29, 0.717) is 24.5 Å². The Labute approximate surface area is 103 Å². The molecule has 0 saturated carbocycles. The lowest BCUT2D eigenvalue weighted by Crippen LogP contribution is -1.93. The summed E-state index contributed by atoms with van der Waals surface area (Å²) in [5, 5.41) is 7.39. The van der Waals surface area contributed by atoms with Crippen LogP contribution in [0.25, 0.3) is 0 Å². The number of nitrogens with one attached hydrogen (secondary N) is 1. The van der Waals surface area contributed by atoms with E-state index in [2.05, 4.69) is 6.58 Å². The molecule has 0 unspecified atom stereocenters. The predicted molar refractivity (Wildman–Crippen MR) is 72.1 cm³/mol. The number of rotatable bonds is 6. The van der Waals surface area contributed by atoms with Crippen molar-refractivity contribution in [3.05, 3.63) is 59.9 Å². The van der Waals surface area contributed by atoms with Crippen LogP contribution in [-0.2, 0) is 11.3 Å². The first kappa shape index (κ1) is 13.2. The Hall–Kier alpha value is -1.83. The summed E-state index contributed by atoms with van der Waals surface area (Å²) in [5.74, 6) is 0.646. The Kier molecular flexibility index (Phi) is 5.21. The molecule has 1 N–H and O–H groups in total. The smallest absolute Gasteiger partial charge is 0.113 e. The minimum absolute atomic E-state index is 0.535. The molecule has 0 atom stereocenters. The maximum absolute atomic E-state index is 7.39. The Balaban J connectivity index is 2.43. The number of allylic oxidation sites excluding steroid dienone is 2. The Morgan fingerprint density at radius 2 is 1.94 bits per heavy atom. The van der Waals surface area contributed by atoms with Gasteiger partial charge in [0.15, 0.2) is 0 Å². The Morgan fingerprint density at radius 1 is 1.29 bits per heavy atom. The Morgan fingerprint density at radius 3 is 2.53 bits per heavy atom. The highest BCUT2D eigenvalue weighted by Gasteiger charge is 1.96. The van der Waals surface area contributed by atoms with Crippen LogP contribution in [0.3, 0.4) is 0 Å². The van der Waals surface area contributed by atoms with Gasteiger partial charge >= 0.3 is 0 Å². The molecule has 17 heavy (non-hydrogen) atoms. The molecule has 0 spiro atoms. The van der Waals surface area contributed by atoms with Gasteiger partial charge in [0.05, 0.1) is 0 Å². The second-order valence-electron chi connectivity index (χ2n) is 4.19. The summed E-state index contributed by atoms with van der Waals surface area (Å²) in [7, 11) is 0. The van der Waals surface area contributed by atoms with Crippen LogP contribution in [0.5, 0.6) is 0 Å². The summed E-state index contributed by atoms with van der Waals surface area (Å²) >= 11 is 0. The van der Waals surface area contributed by atoms with Crippen molar-refractivity contribution in [3.8, 4) is 0 Å². The summed E-state index contributed by atoms with van der Waals surface area (Å²) in [6.45, 7) is 8.16. The van der Waals surface area contributed by atoms with Gasteiger partial charge in [-0.3, -0.25) is 0 Å². The van der Waals surface area contributed by atoms with E-state index in [-0.39, 0.29) is 0 Å². The molecule has 2 nitrogen and oxygen atoms in total. The summed E-state index contributed by atoms with van der Waals surface area (Å²) in [6, 6.07) is 9.99. The monoisotopic (exact) mass is 229 g/mol. The molecule has 0 aromatic heterocycles. The standard InChI is InChI=1S/C15H19NO/c1-12(9-13(2)16)10-14(3)17-11-15-7-5-4-6-8-15/h4-8,10,16H,3,9,11H2,1-2H3/b12-10+,16-13?. The van der Waals surface area contributed by atoms with Gasteiger partial charge in [0.2, 0.25) is 0 Å². The second kappa shape index (κ2) is 6.69. The molecular weight excluding hydrogens is 210 g/mol. The van der Waals surface area contributed by atoms with Gasteiger partial charge in [-0.25, -0.2) is 0 Å². The van der Waals surface area contributed by atoms with E-state index >= 15 is 0 Å². The summed E-state index contributed by atoms with van der Waals surface area (Å²) in [5.41, 5.74) is 2.87. The molecule has 1 aromatic rings. The lowest BCUT2D eigenvalue weighted by Gasteiger charge is -2.07. The lowest BCUT2D eigenvalue weighted by molar-refractivity contribution is 0.212. The first-order valence-corrected chi connectivity index (χ1v) is 5.65. The van der Waals surface area contributed by atoms with E-state index in [1.165, 1.54) is 0 Å². The fraction of sp³-hybridized carbons (Fsp3) is 0.267. The minimum atomic E-state index is 0.535. The van der Waals surface area contributed by atoms with Crippen molar-refractivity contribution in [2.45, 2.75) is 26.9 Å². The van der Waals surface area contributed by atoms with Gasteiger partial charge in [-0.05, 0) is 25.5 Å². The van der Waals surface area contributed by atoms with Crippen molar-refractivity contribution in [2.75, 3.05) is 0 Å². The maximum atomic E-state index is 7.39. The zero-order chi connectivity index (χ0) is 12.7. The van der Waals surface area contributed by atoms with Crippen LogP contribution in [0.15, 0.2) is 54.3 Å². The second-order valence-corrected chi connectivity index (χ2v) is 4.19. The molecule has 0 heterocycles. The van der Waals surface area contributed by atoms with E-state index in [1.54, 1.807) is 6.92 Å². The van der Waals surface area contributed by atoms with Crippen molar-refractivity contribution in [2.24, 2.45) is 0 Å². The zero-order valence-electron chi connectivity index (χ0n) is 10.5. The van der Waals surface area contributed by atoms with Crippen molar-refractivity contribution in [3.63, 3.8) is 0 Å². The van der Waals surface area contributed by atoms with Gasteiger partial charge in [-0.15, -0.1) is 0 Å². The third-order valence-corrected chi connectivity index (χ3v) is 2.22. The fourth-order valence-electron chi connectivity index (χ4n) is 1.54. The van der Waals surface area contributed by atoms with Crippen molar-refractivity contribution in [1.29, 1.82) is 5.41 Å². The molecule has 0 aliphatic rings. The third kappa shape index (κ3) is 5.71. The number of hydrogen-bond donors (Lipinski definition) is 1. The van der Waals surface area contributed by atoms with Crippen LogP contribution in [0.1, 0.15) is 25.8 Å². The van der Waals surface area contributed by atoms with Crippen LogP contribution in [0, 0.1) is 5.41 Å². The molecule has 2 heteroatoms. The molecule has 0 amide bonds. The molecule has 0 aliphatic heterocycles. The summed E-state index contributed by atoms with van der Waals surface area (Å²) in [6.07, 6.45) is 2.56. The highest BCUT2D eigenvalue weighted by Crippen LogP contribution is 2.09. The molecular formula is C15H19NO. The van der Waals surface area contributed by atoms with Crippen LogP contribution in [-0.4, -0.2) is 5.71 Å². The predicted octanol–water partition coefficient (Wildman–Crippen LogP) is 4.09. The van der Waals surface area contributed by atoms with Crippen LogP contribution >= 0.6 is 0 Å². The lowest BCUT2D eigenvalue weighted by atomic mass is 10.1. The van der Waals surface area contributed by atoms with Crippen molar-refractivity contribution < 1.29 is 4.74 Å². The quantitative estimate of drug-likeness (QED) is 0.445. The number of ether oxygens (including phenoxy) is 1. The van der Waals surface area contributed by atoms with Crippen molar-refractivity contribution >= 4 is 5.71 Å². The average Bonchev–Trinajstić information content (AvgIpc) is 2.26. The van der Waals surface area contributed by atoms with E-state index in [9.17, 15) is 0 Å². The van der Waals surface area contributed by atoms with Gasteiger partial charge in [-0.1, -0.05) is 42.5 Å². The van der Waals surface area contributed by atoms with Crippen LogP contribution in [0.4, 0.5) is 0 Å². The molecule has 0 radical (unpaired) electrons. The van der Waals surface area contributed by atoms with Gasteiger partial charge in [0.25, 0.3) is 0 Å². The van der Waals surface area contributed by atoms with Gasteiger partial charge in [0, 0.05) is 12.1 Å². The average molecular weight is 229 g/mol. The molecule has 1 rings (SSSR count). The summed E-state index contributed by atoms with van der Waals surface area (Å²) in [4.78, 5) is 0. The van der Waals surface area contributed by atoms with E-state index in [1.807, 2.05) is 43.3 Å². The molecule has 0 saturated heterocycles. The SMILES string of the molecule is C=C(/C=C(\C)CC(C)=N)OCc1ccccc1. The minimum Gasteiger partial charge on any atom is -0.490 e. The van der Waals surface area contributed by atoms with Gasteiger partial charge in [0.1, 0.15) is 12.4 Å². The molecule has 90 valence electrons. The van der Waals surface area contributed by atoms with Gasteiger partial charge in [-0.2, -0.15) is 0 Å². The van der Waals surface area contributed by atoms with Gasteiger partial charge < -0.3 is 10.1 Å². The normalized spacial score (nSPS) is 11.1. The largest absolute Gasteiger partial charge is 0.490 e. The first-order valence-electron chi connectivity index (χ1n) is 5.65. The first-order chi connectivity index (χ1) is 8.08. The zero-order valence-corrected chi connectivity index (χ0v) is 10.5. The third-order valence-electron chi connectivity index (χ3n) is 2.22. The highest BCUT2D eigenvalue weighted by atomic mass is 16.5. The number of benzene rings is 1. The van der Waals surface area contributed by atoms with Crippen molar-refractivity contribution in [1.82, 2.24) is 0 Å². The van der Waals surface area contributed by atoms with E-state index < -0.39 is 0 Å². The highest BCUT2D eigenvalue weighted by molar-refractivity contribution is 5.80. The fourth-order valence-corrected chi connectivity index (χ4v) is 1.54. The molecule has 0 fully saturated rings. The Bertz CT molecular complexity index is 418. The van der Waals surface area contributed by atoms with E-state index in [4.69, 9.17) is 10.1 Å². The number of hydrogen-bond acceptors (Lipinski definition) is 2. The molecule has 0 bridgehead atoms. The topological polar surface area (TPSA) is 33.1 Å². The van der Waals surface area contributed by atoms with E-state index in [0.717, 1.165) is 11.1 Å². The summed E-state index contributed by atoms with van der Waals surface area (Å²) < 4.78 is 5.54. The van der Waals surface area contributed by atoms with Crippen LogP contribution < -0.4 is 0 Å².